The van der Waals surface area contributed by atoms with Gasteiger partial charge in [-0.15, -0.1) is 0 Å². The van der Waals surface area contributed by atoms with Crippen LogP contribution in [-0.2, 0) is 11.2 Å². The van der Waals surface area contributed by atoms with E-state index in [1.807, 2.05) is 31.2 Å². The first-order valence-corrected chi connectivity index (χ1v) is 6.31. The summed E-state index contributed by atoms with van der Waals surface area (Å²) < 4.78 is 5.68. The first-order chi connectivity index (χ1) is 8.61. The van der Waals surface area contributed by atoms with E-state index in [0.29, 0.717) is 25.4 Å². The number of ether oxygens (including phenoxy) is 1. The van der Waals surface area contributed by atoms with E-state index >= 15 is 0 Å². The number of fused-ring (bicyclic) bond motifs is 1. The van der Waals surface area contributed by atoms with Crippen LogP contribution in [0.5, 0.6) is 5.75 Å². The molecule has 1 aromatic carbocycles. The molecule has 2 rings (SSSR count). The summed E-state index contributed by atoms with van der Waals surface area (Å²) in [5.74, 6) is 1.17. The molecular formula is C14H20N2O2. The van der Waals surface area contributed by atoms with Gasteiger partial charge in [0, 0.05) is 20.0 Å². The molecule has 2 unspecified atom stereocenters. The minimum absolute atomic E-state index is 0.0338. The molecule has 0 bridgehead atoms. The molecule has 1 aromatic rings. The summed E-state index contributed by atoms with van der Waals surface area (Å²) in [6.07, 6.45) is 0.286. The first kappa shape index (κ1) is 12.9. The van der Waals surface area contributed by atoms with Crippen molar-refractivity contribution in [1.82, 2.24) is 4.90 Å². The maximum absolute atomic E-state index is 12.2. The van der Waals surface area contributed by atoms with E-state index < -0.39 is 0 Å². The molecule has 18 heavy (non-hydrogen) atoms. The highest BCUT2D eigenvalue weighted by molar-refractivity contribution is 5.82. The van der Waals surface area contributed by atoms with Crippen molar-refractivity contribution >= 4 is 5.91 Å². The number of likely N-dealkylation sites (N-methyl/N-ethyl adjacent to an activating group) is 1. The second kappa shape index (κ2) is 5.40. The molecule has 0 saturated carbocycles. The van der Waals surface area contributed by atoms with Gasteiger partial charge in [-0.25, -0.2) is 0 Å². The van der Waals surface area contributed by atoms with E-state index in [9.17, 15) is 4.79 Å². The van der Waals surface area contributed by atoms with Gasteiger partial charge in [-0.05, 0) is 24.1 Å². The maximum atomic E-state index is 12.2. The minimum Gasteiger partial charge on any atom is -0.480 e. The Morgan fingerprint density at radius 3 is 2.94 bits per heavy atom. The molecule has 98 valence electrons. The largest absolute Gasteiger partial charge is 0.480 e. The molecule has 0 radical (unpaired) electrons. The molecule has 4 nitrogen and oxygen atoms in total. The van der Waals surface area contributed by atoms with Crippen LogP contribution in [0.3, 0.4) is 0 Å². The molecule has 0 saturated heterocycles. The van der Waals surface area contributed by atoms with Crippen LogP contribution in [0, 0.1) is 5.92 Å². The summed E-state index contributed by atoms with van der Waals surface area (Å²) in [5.41, 5.74) is 6.68. The summed E-state index contributed by atoms with van der Waals surface area (Å²) in [6, 6.07) is 7.80. The fourth-order valence-corrected chi connectivity index (χ4v) is 2.20. The van der Waals surface area contributed by atoms with Crippen molar-refractivity contribution in [2.75, 3.05) is 20.1 Å². The Morgan fingerprint density at radius 1 is 1.56 bits per heavy atom. The van der Waals surface area contributed by atoms with E-state index in [1.54, 1.807) is 11.9 Å². The number of carbonyl (C=O) groups excluding carboxylic acids is 1. The Hall–Kier alpha value is -1.55. The third kappa shape index (κ3) is 2.64. The lowest BCUT2D eigenvalue weighted by Crippen LogP contribution is -2.41. The van der Waals surface area contributed by atoms with Gasteiger partial charge in [-0.2, -0.15) is 0 Å². The number of amides is 1. The van der Waals surface area contributed by atoms with Gasteiger partial charge in [0.15, 0.2) is 6.10 Å². The fourth-order valence-electron chi connectivity index (χ4n) is 2.20. The number of benzene rings is 1. The quantitative estimate of drug-likeness (QED) is 0.866. The Kier molecular flexibility index (Phi) is 3.87. The minimum atomic E-state index is -0.377. The van der Waals surface area contributed by atoms with Crippen molar-refractivity contribution in [2.24, 2.45) is 11.7 Å². The van der Waals surface area contributed by atoms with Crippen molar-refractivity contribution in [2.45, 2.75) is 19.4 Å². The first-order valence-electron chi connectivity index (χ1n) is 6.31. The normalized spacial score (nSPS) is 18.9. The smallest absolute Gasteiger partial charge is 0.263 e. The lowest BCUT2D eigenvalue weighted by atomic mass is 10.1. The average Bonchev–Trinajstić information content (AvgIpc) is 2.81. The van der Waals surface area contributed by atoms with Gasteiger partial charge in [0.2, 0.25) is 0 Å². The number of hydrogen-bond acceptors (Lipinski definition) is 3. The summed E-state index contributed by atoms with van der Waals surface area (Å²) in [5, 5.41) is 0. The second-order valence-corrected chi connectivity index (χ2v) is 4.98. The molecule has 0 aromatic heterocycles. The van der Waals surface area contributed by atoms with E-state index in [1.165, 1.54) is 0 Å². The van der Waals surface area contributed by atoms with Crippen molar-refractivity contribution in [3.8, 4) is 5.75 Å². The molecule has 1 heterocycles. The monoisotopic (exact) mass is 248 g/mol. The average molecular weight is 248 g/mol. The number of nitrogens with zero attached hydrogens (tertiary/aromatic N) is 1. The van der Waals surface area contributed by atoms with E-state index in [0.717, 1.165) is 11.3 Å². The lowest BCUT2D eigenvalue weighted by Gasteiger charge is -2.23. The molecule has 1 amide bonds. The maximum Gasteiger partial charge on any atom is 0.263 e. The highest BCUT2D eigenvalue weighted by Gasteiger charge is 2.31. The van der Waals surface area contributed by atoms with Crippen LogP contribution in [0.15, 0.2) is 24.3 Å². The lowest BCUT2D eigenvalue weighted by molar-refractivity contribution is -0.137. The van der Waals surface area contributed by atoms with Gasteiger partial charge in [0.1, 0.15) is 5.75 Å². The molecular weight excluding hydrogens is 228 g/mol. The van der Waals surface area contributed by atoms with E-state index in [-0.39, 0.29) is 12.0 Å². The van der Waals surface area contributed by atoms with Crippen LogP contribution < -0.4 is 10.5 Å². The van der Waals surface area contributed by atoms with Crippen molar-refractivity contribution < 1.29 is 9.53 Å². The van der Waals surface area contributed by atoms with Crippen molar-refractivity contribution in [3.63, 3.8) is 0 Å². The molecule has 4 heteroatoms. The van der Waals surface area contributed by atoms with Gasteiger partial charge >= 0.3 is 0 Å². The zero-order valence-electron chi connectivity index (χ0n) is 10.9. The Bertz CT molecular complexity index is 409. The Balaban J connectivity index is 1.96. The summed E-state index contributed by atoms with van der Waals surface area (Å²) >= 11 is 0. The standard InChI is InChI=1S/C14H20N2O2/c1-10(8-15)9-16(2)14(17)13-7-11-5-3-4-6-12(11)18-13/h3-6,10,13H,7-9,15H2,1-2H3. The van der Waals surface area contributed by atoms with Crippen LogP contribution in [0.2, 0.25) is 0 Å². The molecule has 1 aliphatic rings. The number of carbonyl (C=O) groups is 1. The summed E-state index contributed by atoms with van der Waals surface area (Å²) in [6.45, 7) is 3.29. The molecule has 0 fully saturated rings. The molecule has 1 aliphatic heterocycles. The molecule has 2 atom stereocenters. The van der Waals surface area contributed by atoms with E-state index in [2.05, 4.69) is 0 Å². The van der Waals surface area contributed by atoms with Crippen molar-refractivity contribution in [3.05, 3.63) is 29.8 Å². The Labute approximate surface area is 108 Å². The van der Waals surface area contributed by atoms with Crippen molar-refractivity contribution in [1.29, 1.82) is 0 Å². The zero-order valence-corrected chi connectivity index (χ0v) is 10.9. The highest BCUT2D eigenvalue weighted by atomic mass is 16.5. The van der Waals surface area contributed by atoms with Gasteiger partial charge in [-0.1, -0.05) is 25.1 Å². The van der Waals surface area contributed by atoms with Crippen LogP contribution in [0.4, 0.5) is 0 Å². The van der Waals surface area contributed by atoms with Gasteiger partial charge in [0.05, 0.1) is 0 Å². The highest BCUT2D eigenvalue weighted by Crippen LogP contribution is 2.28. The number of hydrogen-bond donors (Lipinski definition) is 1. The molecule has 2 N–H and O–H groups in total. The zero-order chi connectivity index (χ0) is 13.1. The third-order valence-electron chi connectivity index (χ3n) is 3.29. The summed E-state index contributed by atoms with van der Waals surface area (Å²) in [4.78, 5) is 13.9. The van der Waals surface area contributed by atoms with Crippen LogP contribution in [0.25, 0.3) is 0 Å². The SMILES string of the molecule is CC(CN)CN(C)C(=O)C1Cc2ccccc2O1. The number of nitrogens with two attached hydrogens (primary N) is 1. The van der Waals surface area contributed by atoms with Gasteiger partial charge in [-0.3, -0.25) is 4.79 Å². The third-order valence-corrected chi connectivity index (χ3v) is 3.29. The second-order valence-electron chi connectivity index (χ2n) is 4.98. The fraction of sp³-hybridized carbons (Fsp3) is 0.500. The van der Waals surface area contributed by atoms with Crippen LogP contribution >= 0.6 is 0 Å². The number of para-hydroxylation sites is 1. The molecule has 0 aliphatic carbocycles. The van der Waals surface area contributed by atoms with Gasteiger partial charge in [0.25, 0.3) is 5.91 Å². The van der Waals surface area contributed by atoms with Crippen LogP contribution in [-0.4, -0.2) is 37.0 Å². The topological polar surface area (TPSA) is 55.6 Å². The predicted molar refractivity (Wildman–Crippen MR) is 70.4 cm³/mol. The molecule has 0 spiro atoms. The number of rotatable bonds is 4. The van der Waals surface area contributed by atoms with Gasteiger partial charge < -0.3 is 15.4 Å². The van der Waals surface area contributed by atoms with E-state index in [4.69, 9.17) is 10.5 Å². The van der Waals surface area contributed by atoms with Crippen LogP contribution in [0.1, 0.15) is 12.5 Å². The predicted octanol–water partition coefficient (Wildman–Crippen LogP) is 1.04. The summed E-state index contributed by atoms with van der Waals surface area (Å²) in [7, 11) is 1.81. The Morgan fingerprint density at radius 2 is 2.28 bits per heavy atom.